The number of carbonyl (C=O) groups is 2. The third-order valence-corrected chi connectivity index (χ3v) is 9.94. The van der Waals surface area contributed by atoms with Crippen LogP contribution in [-0.2, 0) is 19.1 Å². The number of carbonyl (C=O) groups excluding carboxylic acids is 2. The van der Waals surface area contributed by atoms with Gasteiger partial charge in [0.05, 0.1) is 35.0 Å². The van der Waals surface area contributed by atoms with E-state index >= 15 is 4.39 Å². The van der Waals surface area contributed by atoms with E-state index < -0.39 is 72.6 Å². The number of amides is 2. The van der Waals surface area contributed by atoms with Gasteiger partial charge in [0.2, 0.25) is 5.88 Å². The number of nitrogens with one attached hydrogen (secondary N) is 4. The van der Waals surface area contributed by atoms with E-state index in [1.54, 1.807) is 18.2 Å². The maximum absolute atomic E-state index is 15.4. The van der Waals surface area contributed by atoms with Crippen LogP contribution in [0.5, 0.6) is 11.8 Å². The second kappa shape index (κ2) is 19.9. The Balaban J connectivity index is 1.06. The molecule has 1 unspecified atom stereocenters. The molecule has 4 N–H and O–H groups in total. The first-order chi connectivity index (χ1) is 27.6. The molecule has 2 amide bonds. The zero-order valence-electron chi connectivity index (χ0n) is 30.3. The molecular formula is C39H38Cl2F3N7O6. The van der Waals surface area contributed by atoms with Crippen LogP contribution in [0.1, 0.15) is 40.6 Å². The summed E-state index contributed by atoms with van der Waals surface area (Å²) in [6.07, 6.45) is 0.718. The third-order valence-electron chi connectivity index (χ3n) is 9.33. The Hall–Kier alpha value is -5.02. The first-order valence-corrected chi connectivity index (χ1v) is 18.7. The van der Waals surface area contributed by atoms with Crippen molar-refractivity contribution in [2.24, 2.45) is 11.8 Å². The summed E-state index contributed by atoms with van der Waals surface area (Å²) >= 11 is 11.8. The molecule has 2 aliphatic rings. The molecule has 0 aliphatic carbocycles. The van der Waals surface area contributed by atoms with Gasteiger partial charge in [0, 0.05) is 69.1 Å². The Labute approximate surface area is 336 Å². The number of halogens is 5. The summed E-state index contributed by atoms with van der Waals surface area (Å²) in [4.78, 5) is 33.6. The van der Waals surface area contributed by atoms with Crippen LogP contribution in [0.2, 0.25) is 10.0 Å². The van der Waals surface area contributed by atoms with Gasteiger partial charge in [0.1, 0.15) is 23.3 Å². The maximum Gasteiger partial charge on any atom is 0.258 e. The minimum atomic E-state index is -0.843. The van der Waals surface area contributed by atoms with Crippen LogP contribution in [0.4, 0.5) is 13.2 Å². The number of aromatic nitrogens is 2. The number of pyridine rings is 2. The number of nitrogens with zero attached hydrogens (tertiary/aromatic N) is 3. The Kier molecular flexibility index (Phi) is 14.5. The molecule has 0 radical (unpaired) electrons. The highest BCUT2D eigenvalue weighted by Crippen LogP contribution is 2.36. The molecule has 2 saturated heterocycles. The highest BCUT2D eigenvalue weighted by molar-refractivity contribution is 6.31. The van der Waals surface area contributed by atoms with Crippen LogP contribution in [0.3, 0.4) is 0 Å². The Morgan fingerprint density at radius 3 is 2.07 bits per heavy atom. The summed E-state index contributed by atoms with van der Waals surface area (Å²) in [6.45, 7) is 1.29. The fourth-order valence-electron chi connectivity index (χ4n) is 6.46. The van der Waals surface area contributed by atoms with Crippen molar-refractivity contribution in [2.75, 3.05) is 59.1 Å². The van der Waals surface area contributed by atoms with Crippen molar-refractivity contribution in [1.29, 1.82) is 5.26 Å². The standard InChI is InChI=1S/C39H38Cl2F3N7O6/c40-28-5-3-22(10-30(28)42)36-26(14-46-8-9-54-36)17-49-35(53)21-56-39-32(44)12-25(16-51-39)33-19-47-15-27(37(57-33)23-4-6-29(41)31(43)11-23)18-50-34(52)20-55-38-24(13-45)2-1-7-48-38/h1-7,10-12,16,26-27,33,36-37,46-47H,8-9,14-15,17-21H2,(H,49,53)(H,50,52)/t26-,27-,33?,36-,37-/m0/s1. The molecule has 0 spiro atoms. The van der Waals surface area contributed by atoms with E-state index in [9.17, 15) is 23.6 Å². The predicted octanol–water partition coefficient (Wildman–Crippen LogP) is 4.76. The van der Waals surface area contributed by atoms with Gasteiger partial charge in [-0.2, -0.15) is 5.26 Å². The first kappa shape index (κ1) is 41.6. The van der Waals surface area contributed by atoms with E-state index in [4.69, 9.17) is 42.1 Å². The van der Waals surface area contributed by atoms with Crippen LogP contribution in [0, 0.1) is 40.6 Å². The van der Waals surface area contributed by atoms with Gasteiger partial charge in [-0.15, -0.1) is 0 Å². The summed E-state index contributed by atoms with van der Waals surface area (Å²) in [5.41, 5.74) is 1.54. The number of ether oxygens (including phenoxy) is 4. The molecule has 6 rings (SSSR count). The highest BCUT2D eigenvalue weighted by Gasteiger charge is 2.33. The molecule has 13 nitrogen and oxygen atoms in total. The summed E-state index contributed by atoms with van der Waals surface area (Å²) < 4.78 is 67.6. The Bertz CT molecular complexity index is 2100. The second-order valence-corrected chi connectivity index (χ2v) is 14.1. The van der Waals surface area contributed by atoms with Crippen molar-refractivity contribution in [3.05, 3.63) is 117 Å². The van der Waals surface area contributed by atoms with E-state index in [1.165, 1.54) is 48.8 Å². The van der Waals surface area contributed by atoms with Crippen molar-refractivity contribution in [2.45, 2.75) is 18.3 Å². The van der Waals surface area contributed by atoms with Crippen LogP contribution >= 0.6 is 23.2 Å². The van der Waals surface area contributed by atoms with Crippen LogP contribution < -0.4 is 30.7 Å². The number of benzene rings is 2. The van der Waals surface area contributed by atoms with Gasteiger partial charge in [-0.3, -0.25) is 9.59 Å². The molecular weight excluding hydrogens is 790 g/mol. The van der Waals surface area contributed by atoms with Gasteiger partial charge in [-0.1, -0.05) is 35.3 Å². The molecule has 2 aliphatic heterocycles. The van der Waals surface area contributed by atoms with E-state index in [0.29, 0.717) is 42.9 Å². The van der Waals surface area contributed by atoms with Gasteiger partial charge in [0.25, 0.3) is 17.7 Å². The second-order valence-electron chi connectivity index (χ2n) is 13.3. The maximum atomic E-state index is 15.4. The molecule has 4 aromatic rings. The average Bonchev–Trinajstić information content (AvgIpc) is 3.59. The fourth-order valence-corrected chi connectivity index (χ4v) is 6.69. The van der Waals surface area contributed by atoms with Gasteiger partial charge in [-0.05, 0) is 53.6 Å². The number of hydrogen-bond donors (Lipinski definition) is 4. The van der Waals surface area contributed by atoms with Gasteiger partial charge in [0.15, 0.2) is 19.0 Å². The predicted molar refractivity (Wildman–Crippen MR) is 201 cm³/mol. The number of nitriles is 1. The number of rotatable bonds is 13. The molecule has 5 atom stereocenters. The molecule has 57 heavy (non-hydrogen) atoms. The Morgan fingerprint density at radius 2 is 1.42 bits per heavy atom. The van der Waals surface area contributed by atoms with Crippen molar-refractivity contribution >= 4 is 35.0 Å². The molecule has 2 aromatic heterocycles. The van der Waals surface area contributed by atoms with Gasteiger partial charge >= 0.3 is 0 Å². The largest absolute Gasteiger partial charge is 0.467 e. The van der Waals surface area contributed by atoms with Gasteiger partial charge < -0.3 is 40.2 Å². The topological polar surface area (TPSA) is 169 Å². The van der Waals surface area contributed by atoms with Crippen molar-refractivity contribution in [1.82, 2.24) is 31.2 Å². The summed E-state index contributed by atoms with van der Waals surface area (Å²) in [7, 11) is 0. The molecule has 0 saturated carbocycles. The minimum absolute atomic E-state index is 0.00670. The van der Waals surface area contributed by atoms with E-state index in [0.717, 1.165) is 0 Å². The molecule has 300 valence electrons. The molecule has 0 bridgehead atoms. The summed E-state index contributed by atoms with van der Waals surface area (Å²) in [6, 6.07) is 14.9. The summed E-state index contributed by atoms with van der Waals surface area (Å²) in [5, 5.41) is 21.2. The molecule has 18 heteroatoms. The molecule has 2 aromatic carbocycles. The SMILES string of the molecule is N#Cc1cccnc1OCC(=O)NC[C@@H]1CNCC(c2cnc(OCC(=O)NC[C@@H]3CNCCO[C@H]3c3ccc(Cl)c(F)c3)c(F)c2)O[C@H]1c1ccc(Cl)c(F)c1. The highest BCUT2D eigenvalue weighted by atomic mass is 35.5. The number of hydrogen-bond acceptors (Lipinski definition) is 11. The lowest BCUT2D eigenvalue weighted by Crippen LogP contribution is -2.38. The van der Waals surface area contributed by atoms with Crippen molar-refractivity contribution in [3.8, 4) is 17.8 Å². The fraction of sp³-hybridized carbons (Fsp3) is 0.359. The van der Waals surface area contributed by atoms with Gasteiger partial charge in [-0.25, -0.2) is 23.1 Å². The molecule has 4 heterocycles. The Morgan fingerprint density at radius 1 is 0.807 bits per heavy atom. The summed E-state index contributed by atoms with van der Waals surface area (Å²) in [5.74, 6) is -4.18. The zero-order chi connectivity index (χ0) is 40.3. The third kappa shape index (κ3) is 11.1. The van der Waals surface area contributed by atoms with Crippen LogP contribution in [0.15, 0.2) is 67.0 Å². The van der Waals surface area contributed by atoms with Crippen molar-refractivity contribution < 1.29 is 41.7 Å². The smallest absolute Gasteiger partial charge is 0.258 e. The van der Waals surface area contributed by atoms with E-state index in [1.807, 2.05) is 6.07 Å². The monoisotopic (exact) mass is 827 g/mol. The lowest BCUT2D eigenvalue weighted by atomic mass is 9.95. The average molecular weight is 829 g/mol. The van der Waals surface area contributed by atoms with Crippen LogP contribution in [0.25, 0.3) is 0 Å². The first-order valence-electron chi connectivity index (χ1n) is 18.0. The quantitative estimate of drug-likeness (QED) is 0.147. The van der Waals surface area contributed by atoms with Crippen LogP contribution in [-0.4, -0.2) is 80.9 Å². The van der Waals surface area contributed by atoms with E-state index in [-0.39, 0.29) is 47.0 Å². The van der Waals surface area contributed by atoms with E-state index in [2.05, 4.69) is 31.2 Å². The zero-order valence-corrected chi connectivity index (χ0v) is 31.8. The lowest BCUT2D eigenvalue weighted by molar-refractivity contribution is -0.124. The molecule has 2 fully saturated rings. The normalized spacial score (nSPS) is 21.0. The lowest BCUT2D eigenvalue weighted by Gasteiger charge is -2.28. The van der Waals surface area contributed by atoms with Crippen molar-refractivity contribution in [3.63, 3.8) is 0 Å². The minimum Gasteiger partial charge on any atom is -0.467 e.